The zero-order valence-corrected chi connectivity index (χ0v) is 20.9. The van der Waals surface area contributed by atoms with Crippen LogP contribution < -0.4 is 10.6 Å². The average Bonchev–Trinajstić information content (AvgIpc) is 3.33. The van der Waals surface area contributed by atoms with Gasteiger partial charge in [0.05, 0.1) is 25.2 Å². The minimum absolute atomic E-state index is 0.0148. The number of carbonyl (C=O) groups excluding carboxylic acids is 1. The molecule has 0 aromatic heterocycles. The predicted octanol–water partition coefficient (Wildman–Crippen LogP) is 2.26. The average molecular weight is 476 g/mol. The van der Waals surface area contributed by atoms with Crippen molar-refractivity contribution in [3.05, 3.63) is 65.2 Å². The number of aromatic hydroxyl groups is 1. The van der Waals surface area contributed by atoms with Gasteiger partial charge in [0.25, 0.3) is 0 Å². The fourth-order valence-corrected chi connectivity index (χ4v) is 8.04. The van der Waals surface area contributed by atoms with Crippen molar-refractivity contribution in [3.63, 3.8) is 0 Å². The lowest BCUT2D eigenvalue weighted by atomic mass is 9.67. The molecule has 0 radical (unpaired) electrons. The molecule has 5 nitrogen and oxygen atoms in total. The maximum atomic E-state index is 14.5. The van der Waals surface area contributed by atoms with Gasteiger partial charge in [-0.3, -0.25) is 4.79 Å². The lowest BCUT2D eigenvalue weighted by Crippen LogP contribution is -2.91. The molecule has 3 fully saturated rings. The first kappa shape index (κ1) is 23.1. The number of rotatable bonds is 3. The molecule has 2 aromatic carbocycles. The van der Waals surface area contributed by atoms with E-state index in [0.717, 1.165) is 51.1 Å². The van der Waals surface area contributed by atoms with E-state index in [0.29, 0.717) is 29.5 Å². The van der Waals surface area contributed by atoms with Crippen molar-refractivity contribution in [2.45, 2.75) is 68.9 Å². The van der Waals surface area contributed by atoms with E-state index in [9.17, 15) is 9.90 Å². The van der Waals surface area contributed by atoms with E-state index in [1.165, 1.54) is 43.2 Å². The summed E-state index contributed by atoms with van der Waals surface area (Å²) in [7, 11) is 0. The predicted molar refractivity (Wildman–Crippen MR) is 136 cm³/mol. The maximum absolute atomic E-state index is 14.5. The quantitative estimate of drug-likeness (QED) is 0.637. The Balaban J connectivity index is 1.31. The minimum Gasteiger partial charge on any atom is -0.507 e. The molecule has 186 valence electrons. The molecule has 1 spiro atoms. The fraction of sp³-hybridized carbons (Fsp3) is 0.567. The summed E-state index contributed by atoms with van der Waals surface area (Å²) in [6.45, 7) is 4.41. The second kappa shape index (κ2) is 9.59. The molecule has 2 saturated heterocycles. The third kappa shape index (κ3) is 4.07. The summed E-state index contributed by atoms with van der Waals surface area (Å²) >= 11 is 0. The van der Waals surface area contributed by atoms with E-state index >= 15 is 0 Å². The van der Waals surface area contributed by atoms with Crippen LogP contribution in [0.2, 0.25) is 0 Å². The summed E-state index contributed by atoms with van der Waals surface area (Å²) in [5, 5.41) is 15.3. The van der Waals surface area contributed by atoms with Gasteiger partial charge in [0, 0.05) is 12.6 Å². The summed E-state index contributed by atoms with van der Waals surface area (Å²) in [6.07, 6.45) is 8.66. The van der Waals surface area contributed by atoms with Gasteiger partial charge in [0.2, 0.25) is 5.91 Å². The Morgan fingerprint density at radius 2 is 1.74 bits per heavy atom. The molecule has 5 N–H and O–H groups in total. The topological polar surface area (TPSA) is 73.8 Å². The van der Waals surface area contributed by atoms with Crippen molar-refractivity contribution in [1.29, 1.82) is 0 Å². The number of nitrogens with two attached hydrogens (primary N) is 2. The number of phenolic OH excluding ortho intramolecular Hbond substituents is 1. The van der Waals surface area contributed by atoms with Crippen molar-refractivity contribution in [3.8, 4) is 5.75 Å². The number of phenols is 1. The van der Waals surface area contributed by atoms with Gasteiger partial charge >= 0.3 is 0 Å². The van der Waals surface area contributed by atoms with E-state index in [4.69, 9.17) is 0 Å². The number of fused-ring (bicyclic) bond motifs is 2. The molecule has 1 amide bonds. The van der Waals surface area contributed by atoms with Gasteiger partial charge in [-0.05, 0) is 54.7 Å². The van der Waals surface area contributed by atoms with Crippen molar-refractivity contribution < 1.29 is 20.5 Å². The van der Waals surface area contributed by atoms with Crippen molar-refractivity contribution in [2.75, 3.05) is 26.2 Å². The third-order valence-electron chi connectivity index (χ3n) is 9.81. The van der Waals surface area contributed by atoms with Gasteiger partial charge in [-0.1, -0.05) is 61.7 Å². The second-order valence-corrected chi connectivity index (χ2v) is 11.6. The summed E-state index contributed by atoms with van der Waals surface area (Å²) in [4.78, 5) is 16.8. The molecule has 35 heavy (non-hydrogen) atoms. The van der Waals surface area contributed by atoms with Crippen LogP contribution in [-0.2, 0) is 16.8 Å². The number of hydrogen-bond acceptors (Lipinski definition) is 2. The van der Waals surface area contributed by atoms with Crippen LogP contribution in [-0.4, -0.2) is 48.1 Å². The van der Waals surface area contributed by atoms with Crippen LogP contribution in [0, 0.1) is 11.8 Å². The molecule has 6 rings (SSSR count). The number of quaternary nitrogens is 2. The highest BCUT2D eigenvalue weighted by molar-refractivity contribution is 5.82. The molecular weight excluding hydrogens is 434 g/mol. The van der Waals surface area contributed by atoms with Crippen molar-refractivity contribution in [1.82, 2.24) is 4.90 Å². The van der Waals surface area contributed by atoms with Gasteiger partial charge in [-0.2, -0.15) is 0 Å². The normalized spacial score (nSPS) is 31.4. The third-order valence-corrected chi connectivity index (χ3v) is 9.81. The zero-order valence-electron chi connectivity index (χ0n) is 20.9. The molecule has 3 heterocycles. The molecule has 4 atom stereocenters. The van der Waals surface area contributed by atoms with E-state index in [-0.39, 0.29) is 11.3 Å². The molecule has 0 unspecified atom stereocenters. The summed E-state index contributed by atoms with van der Waals surface area (Å²) in [5.41, 5.74) is 3.52. The van der Waals surface area contributed by atoms with Crippen LogP contribution in [0.1, 0.15) is 67.6 Å². The number of hydrogen-bond donors (Lipinski definition) is 3. The molecule has 4 aliphatic rings. The van der Waals surface area contributed by atoms with E-state index in [1.807, 2.05) is 6.07 Å². The Morgan fingerprint density at radius 3 is 2.57 bits per heavy atom. The standard InChI is InChI=1S/C30H39N3O2/c34-28-13-7-12-25-24(28)17-31-19-30(25)20-32-18-26(30)29(35)33-15-14-23(21-8-3-1-4-9-21)16-27(33)22-10-5-2-6-11-22/h1,3-4,7-9,12-13,22-23,26-27,31-32,34H,2,5-6,10-11,14-20H2/p+2/t23-,26+,27+,30+/m1/s1. The monoisotopic (exact) mass is 475 g/mol. The van der Waals surface area contributed by atoms with E-state index < -0.39 is 0 Å². The van der Waals surface area contributed by atoms with Gasteiger partial charge in [-0.25, -0.2) is 0 Å². The number of piperidine rings is 1. The van der Waals surface area contributed by atoms with E-state index in [1.54, 1.807) is 6.07 Å². The smallest absolute Gasteiger partial charge is 0.233 e. The molecule has 5 heteroatoms. The van der Waals surface area contributed by atoms with Crippen LogP contribution in [0.4, 0.5) is 0 Å². The lowest BCUT2D eigenvalue weighted by molar-refractivity contribution is -0.691. The van der Waals surface area contributed by atoms with Gasteiger partial charge < -0.3 is 20.6 Å². The Bertz CT molecular complexity index is 1050. The first-order valence-corrected chi connectivity index (χ1v) is 14.0. The number of carbonyl (C=O) groups is 1. The minimum atomic E-state index is -0.184. The molecular formula is C30H41N3O2+2. The number of likely N-dealkylation sites (tertiary alicyclic amines) is 1. The Labute approximate surface area is 209 Å². The van der Waals surface area contributed by atoms with Gasteiger partial charge in [0.1, 0.15) is 23.6 Å². The summed E-state index contributed by atoms with van der Waals surface area (Å²) in [5.74, 6) is 1.94. The van der Waals surface area contributed by atoms with Crippen LogP contribution >= 0.6 is 0 Å². The molecule has 1 saturated carbocycles. The van der Waals surface area contributed by atoms with Crippen LogP contribution in [0.15, 0.2) is 48.5 Å². The van der Waals surface area contributed by atoms with E-state index in [2.05, 4.69) is 51.9 Å². The highest BCUT2D eigenvalue weighted by atomic mass is 16.3. The highest BCUT2D eigenvalue weighted by Gasteiger charge is 2.57. The Hall–Kier alpha value is -2.37. The molecule has 0 bridgehead atoms. The Kier molecular flexibility index (Phi) is 6.32. The maximum Gasteiger partial charge on any atom is 0.233 e. The molecule has 1 aliphatic carbocycles. The summed E-state index contributed by atoms with van der Waals surface area (Å²) < 4.78 is 0. The first-order valence-electron chi connectivity index (χ1n) is 14.0. The zero-order chi connectivity index (χ0) is 23.8. The molecule has 2 aromatic rings. The van der Waals surface area contributed by atoms with Crippen LogP contribution in [0.3, 0.4) is 0 Å². The van der Waals surface area contributed by atoms with Gasteiger partial charge in [-0.15, -0.1) is 0 Å². The van der Waals surface area contributed by atoms with Crippen molar-refractivity contribution in [2.24, 2.45) is 11.8 Å². The van der Waals surface area contributed by atoms with Gasteiger partial charge in [0.15, 0.2) is 0 Å². The number of nitrogens with zero attached hydrogens (tertiary/aromatic N) is 1. The Morgan fingerprint density at radius 1 is 0.943 bits per heavy atom. The first-order chi connectivity index (χ1) is 17.2. The second-order valence-electron chi connectivity index (χ2n) is 11.6. The largest absolute Gasteiger partial charge is 0.507 e. The number of benzene rings is 2. The summed E-state index contributed by atoms with van der Waals surface area (Å²) in [6, 6.07) is 17.3. The lowest BCUT2D eigenvalue weighted by Gasteiger charge is -2.47. The van der Waals surface area contributed by atoms with Crippen molar-refractivity contribution >= 4 is 5.91 Å². The SMILES string of the molecule is O=C([C@@H]1C[NH2+]C[C@]12C[NH2+]Cc1c(O)cccc12)N1CC[C@@H](c2ccccc2)C[C@H]1C1CCCCC1. The number of amides is 1. The van der Waals surface area contributed by atoms with Crippen LogP contribution in [0.5, 0.6) is 5.75 Å². The fourth-order valence-electron chi connectivity index (χ4n) is 8.04. The molecule has 3 aliphatic heterocycles. The van der Waals surface area contributed by atoms with Crippen LogP contribution in [0.25, 0.3) is 0 Å². The highest BCUT2D eigenvalue weighted by Crippen LogP contribution is 2.43.